The highest BCUT2D eigenvalue weighted by Gasteiger charge is 2.51. The van der Waals surface area contributed by atoms with Gasteiger partial charge in [0.2, 0.25) is 5.91 Å². The Labute approximate surface area is 220 Å². The molecular weight excluding hydrogens is 468 g/mol. The Morgan fingerprint density at radius 3 is 2.46 bits per heavy atom. The first-order valence-electron chi connectivity index (χ1n) is 14.2. The van der Waals surface area contributed by atoms with Crippen LogP contribution in [0.4, 0.5) is 4.79 Å². The van der Waals surface area contributed by atoms with Crippen molar-refractivity contribution in [1.82, 2.24) is 16.0 Å². The van der Waals surface area contributed by atoms with Crippen LogP contribution >= 0.6 is 0 Å². The van der Waals surface area contributed by atoms with Crippen molar-refractivity contribution in [2.45, 2.75) is 77.2 Å². The van der Waals surface area contributed by atoms with Gasteiger partial charge in [0.1, 0.15) is 5.75 Å². The Morgan fingerprint density at radius 2 is 1.81 bits per heavy atom. The van der Waals surface area contributed by atoms with Crippen molar-refractivity contribution in [3.05, 3.63) is 29.8 Å². The predicted octanol–water partition coefficient (Wildman–Crippen LogP) is 4.18. The summed E-state index contributed by atoms with van der Waals surface area (Å²) < 4.78 is 11.5. The maximum absolute atomic E-state index is 12.5. The van der Waals surface area contributed by atoms with E-state index < -0.39 is 0 Å². The van der Waals surface area contributed by atoms with Crippen molar-refractivity contribution < 1.29 is 19.1 Å². The van der Waals surface area contributed by atoms with E-state index in [1.165, 1.54) is 38.5 Å². The minimum Gasteiger partial charge on any atom is -0.494 e. The number of aliphatic imine (C=N–C) groups is 1. The summed E-state index contributed by atoms with van der Waals surface area (Å²) in [5.74, 6) is 3.89. The van der Waals surface area contributed by atoms with Crippen LogP contribution in [0.3, 0.4) is 0 Å². The molecule has 5 aliphatic rings. The molecule has 4 bridgehead atoms. The largest absolute Gasteiger partial charge is 0.494 e. The number of benzene rings is 1. The molecule has 6 rings (SSSR count). The minimum absolute atomic E-state index is 0.0163. The van der Waals surface area contributed by atoms with Gasteiger partial charge in [-0.3, -0.25) is 15.1 Å². The highest BCUT2D eigenvalue weighted by atomic mass is 16.5. The van der Waals surface area contributed by atoms with Crippen molar-refractivity contribution in [2.75, 3.05) is 26.3 Å². The second-order valence-corrected chi connectivity index (χ2v) is 11.9. The fourth-order valence-electron chi connectivity index (χ4n) is 7.29. The van der Waals surface area contributed by atoms with Crippen LogP contribution in [0.15, 0.2) is 29.3 Å². The van der Waals surface area contributed by atoms with Gasteiger partial charge in [0, 0.05) is 31.0 Å². The van der Waals surface area contributed by atoms with Crippen LogP contribution in [0.1, 0.15) is 70.3 Å². The normalized spacial score (nSPS) is 28.6. The molecule has 0 saturated heterocycles. The van der Waals surface area contributed by atoms with E-state index in [1.807, 2.05) is 31.2 Å². The topological polar surface area (TPSA) is 101 Å². The van der Waals surface area contributed by atoms with Crippen LogP contribution < -0.4 is 20.7 Å². The van der Waals surface area contributed by atoms with E-state index >= 15 is 0 Å². The lowest BCUT2D eigenvalue weighted by Crippen LogP contribution is -2.49. The Balaban J connectivity index is 0.968. The number of hydrogen-bond donors (Lipinski definition) is 3. The Kier molecular flexibility index (Phi) is 8.20. The van der Waals surface area contributed by atoms with Crippen molar-refractivity contribution in [3.63, 3.8) is 0 Å². The lowest BCUT2D eigenvalue weighted by molar-refractivity contribution is -0.119. The average Bonchev–Trinajstić information content (AvgIpc) is 2.86. The average molecular weight is 511 g/mol. The third-order valence-corrected chi connectivity index (χ3v) is 8.48. The molecule has 4 saturated carbocycles. The van der Waals surface area contributed by atoms with E-state index in [4.69, 9.17) is 9.47 Å². The van der Waals surface area contributed by atoms with Crippen molar-refractivity contribution in [1.29, 1.82) is 0 Å². The number of carbonyl (C=O) groups is 2. The van der Waals surface area contributed by atoms with Gasteiger partial charge in [0.05, 0.1) is 13.2 Å². The van der Waals surface area contributed by atoms with Crippen molar-refractivity contribution in [2.24, 2.45) is 28.2 Å². The Bertz CT molecular complexity index is 941. The fraction of sp³-hybridized carbons (Fsp3) is 0.690. The van der Waals surface area contributed by atoms with E-state index in [-0.39, 0.29) is 23.5 Å². The number of ether oxygens (including phenoxy) is 2. The monoisotopic (exact) mass is 510 g/mol. The van der Waals surface area contributed by atoms with Crippen LogP contribution in [0, 0.1) is 23.2 Å². The summed E-state index contributed by atoms with van der Waals surface area (Å²) in [5.41, 5.74) is 1.37. The highest BCUT2D eigenvalue weighted by molar-refractivity contribution is 5.97. The van der Waals surface area contributed by atoms with Gasteiger partial charge in [-0.25, -0.2) is 4.79 Å². The van der Waals surface area contributed by atoms with Gasteiger partial charge < -0.3 is 20.1 Å². The fourth-order valence-corrected chi connectivity index (χ4v) is 7.29. The molecule has 0 aromatic heterocycles. The molecule has 2 amide bonds. The van der Waals surface area contributed by atoms with Gasteiger partial charge >= 0.3 is 6.09 Å². The molecule has 1 heterocycles. The number of nitrogens with one attached hydrogen (secondary N) is 3. The summed E-state index contributed by atoms with van der Waals surface area (Å²) in [7, 11) is 0. The molecule has 1 aromatic carbocycles. The summed E-state index contributed by atoms with van der Waals surface area (Å²) >= 11 is 0. The second-order valence-electron chi connectivity index (χ2n) is 11.9. The summed E-state index contributed by atoms with van der Waals surface area (Å²) in [6, 6.07) is 7.90. The van der Waals surface area contributed by atoms with Crippen molar-refractivity contribution >= 4 is 18.0 Å². The van der Waals surface area contributed by atoms with Gasteiger partial charge in [-0.1, -0.05) is 12.1 Å². The number of guanidine groups is 1. The zero-order valence-corrected chi connectivity index (χ0v) is 22.1. The molecule has 4 aliphatic carbocycles. The number of amides is 2. The molecule has 0 unspecified atom stereocenters. The smallest absolute Gasteiger partial charge is 0.407 e. The van der Waals surface area contributed by atoms with Gasteiger partial charge in [0.25, 0.3) is 0 Å². The third-order valence-electron chi connectivity index (χ3n) is 8.48. The molecule has 37 heavy (non-hydrogen) atoms. The number of hydrogen-bond acceptors (Lipinski definition) is 6. The van der Waals surface area contributed by atoms with E-state index in [0.29, 0.717) is 32.0 Å². The summed E-state index contributed by atoms with van der Waals surface area (Å²) in [6.45, 7) is 4.66. The minimum atomic E-state index is -0.293. The first-order valence-corrected chi connectivity index (χ1v) is 14.2. The van der Waals surface area contributed by atoms with Crippen LogP contribution in [0.5, 0.6) is 5.75 Å². The standard InChI is InChI=1S/C29H42N4O4/c1-20(32-28(35)37-19-29-16-22-13-23(17-29)15-24(14-22)18-29)12-21-5-7-25(8-6-21)36-11-2-4-26(34)33-27-30-9-3-10-31-27/h5-8,20,22-24H,2-4,9-19H2,1H3,(H,32,35)(H2,30,31,33,34)/t20-,22?,23?,24?,29?/m1/s1. The molecule has 0 spiro atoms. The van der Waals surface area contributed by atoms with Crippen LogP contribution in [0.25, 0.3) is 0 Å². The Hall–Kier alpha value is -2.77. The van der Waals surface area contributed by atoms with Gasteiger partial charge in [0.15, 0.2) is 5.96 Å². The number of carbonyl (C=O) groups excluding carboxylic acids is 2. The zero-order chi connectivity index (χ0) is 25.7. The number of nitrogens with zero attached hydrogens (tertiary/aromatic N) is 1. The van der Waals surface area contributed by atoms with E-state index in [9.17, 15) is 9.59 Å². The molecule has 8 heteroatoms. The first kappa shape index (κ1) is 25.9. The molecule has 8 nitrogen and oxygen atoms in total. The van der Waals surface area contributed by atoms with Gasteiger partial charge in [-0.05, 0) is 100 Å². The molecular formula is C29H42N4O4. The summed E-state index contributed by atoms with van der Waals surface area (Å²) in [5, 5.41) is 8.89. The lowest BCUT2D eigenvalue weighted by Gasteiger charge is -2.56. The maximum Gasteiger partial charge on any atom is 0.407 e. The summed E-state index contributed by atoms with van der Waals surface area (Å²) in [4.78, 5) is 28.8. The third kappa shape index (κ3) is 7.17. The van der Waals surface area contributed by atoms with Gasteiger partial charge in [-0.15, -0.1) is 0 Å². The molecule has 1 aliphatic heterocycles. The molecule has 1 atom stereocenters. The number of rotatable bonds is 10. The Morgan fingerprint density at radius 1 is 1.11 bits per heavy atom. The molecule has 1 aromatic rings. The molecule has 4 fully saturated rings. The van der Waals surface area contributed by atoms with Crippen LogP contribution in [-0.4, -0.2) is 50.3 Å². The van der Waals surface area contributed by atoms with Crippen molar-refractivity contribution in [3.8, 4) is 5.75 Å². The molecule has 3 N–H and O–H groups in total. The summed E-state index contributed by atoms with van der Waals surface area (Å²) in [6.07, 6.45) is 10.4. The maximum atomic E-state index is 12.5. The number of alkyl carbamates (subject to hydrolysis) is 1. The van der Waals surface area contributed by atoms with E-state index in [2.05, 4.69) is 20.9 Å². The molecule has 202 valence electrons. The van der Waals surface area contributed by atoms with Crippen LogP contribution in [0.2, 0.25) is 0 Å². The molecule has 0 radical (unpaired) electrons. The predicted molar refractivity (Wildman–Crippen MR) is 142 cm³/mol. The van der Waals surface area contributed by atoms with Gasteiger partial charge in [-0.2, -0.15) is 0 Å². The first-order chi connectivity index (χ1) is 17.9. The lowest BCUT2D eigenvalue weighted by atomic mass is 9.50. The van der Waals surface area contributed by atoms with E-state index in [1.54, 1.807) is 0 Å². The quantitative estimate of drug-likeness (QED) is 0.410. The highest BCUT2D eigenvalue weighted by Crippen LogP contribution is 2.60. The SMILES string of the molecule is C[C@H](Cc1ccc(OCCCC(=O)NC2=NCCCN2)cc1)NC(=O)OCC12CC3CC(CC(C3)C1)C2. The van der Waals surface area contributed by atoms with E-state index in [0.717, 1.165) is 55.0 Å². The second kappa shape index (κ2) is 11.7. The van der Waals surface area contributed by atoms with Crippen LogP contribution in [-0.2, 0) is 16.0 Å². The zero-order valence-electron chi connectivity index (χ0n) is 22.1.